The van der Waals surface area contributed by atoms with Crippen molar-refractivity contribution in [1.82, 2.24) is 10.2 Å². The van der Waals surface area contributed by atoms with Crippen molar-refractivity contribution in [2.24, 2.45) is 0 Å². The van der Waals surface area contributed by atoms with Crippen LogP contribution < -0.4 is 19.7 Å². The van der Waals surface area contributed by atoms with Crippen molar-refractivity contribution in [3.8, 4) is 11.5 Å². The summed E-state index contributed by atoms with van der Waals surface area (Å²) in [6.07, 6.45) is 5.91. The quantitative estimate of drug-likeness (QED) is 0.627. The second kappa shape index (κ2) is 11.4. The predicted octanol–water partition coefficient (Wildman–Crippen LogP) is 3.89. The van der Waals surface area contributed by atoms with E-state index in [0.717, 1.165) is 56.1 Å². The van der Waals surface area contributed by atoms with Gasteiger partial charge in [0.2, 0.25) is 5.91 Å². The molecule has 1 N–H and O–H groups in total. The fraction of sp³-hybridized carbons (Fsp3) is 0.519. The first-order valence-corrected chi connectivity index (χ1v) is 12.3. The molecule has 1 aliphatic heterocycles. The molecule has 0 radical (unpaired) electrons. The van der Waals surface area contributed by atoms with Gasteiger partial charge >= 0.3 is 0 Å². The largest absolute Gasteiger partial charge is 0.493 e. The van der Waals surface area contributed by atoms with E-state index in [1.165, 1.54) is 18.4 Å². The number of carbonyl (C=O) groups excluding carboxylic acids is 1. The number of nitrogens with zero attached hydrogens (tertiary/aromatic N) is 2. The van der Waals surface area contributed by atoms with Crippen LogP contribution in [0.2, 0.25) is 0 Å². The Morgan fingerprint density at radius 1 is 1.06 bits per heavy atom. The molecule has 1 atom stereocenters. The Morgan fingerprint density at radius 3 is 2.58 bits per heavy atom. The van der Waals surface area contributed by atoms with Crippen LogP contribution in [-0.4, -0.2) is 62.8 Å². The van der Waals surface area contributed by atoms with Gasteiger partial charge in [-0.3, -0.25) is 9.69 Å². The van der Waals surface area contributed by atoms with Crippen molar-refractivity contribution in [3.63, 3.8) is 0 Å². The molecule has 2 aromatic rings. The van der Waals surface area contributed by atoms with Gasteiger partial charge in [-0.2, -0.15) is 0 Å². The second-order valence-electron chi connectivity index (χ2n) is 9.07. The number of methoxy groups -OCH3 is 1. The SMILES string of the molecule is CCNC(=O)CN1CCN(c2ccc(OC)c(OC3CCCC3)c2)C[C@@H]1Cc1ccccc1. The zero-order valence-electron chi connectivity index (χ0n) is 20.0. The highest BCUT2D eigenvalue weighted by Crippen LogP contribution is 2.35. The summed E-state index contributed by atoms with van der Waals surface area (Å²) in [5, 5.41) is 2.95. The summed E-state index contributed by atoms with van der Waals surface area (Å²) < 4.78 is 11.9. The van der Waals surface area contributed by atoms with Crippen LogP contribution in [0.3, 0.4) is 0 Å². The normalized spacial score (nSPS) is 19.5. The lowest BCUT2D eigenvalue weighted by Gasteiger charge is -2.42. The van der Waals surface area contributed by atoms with Crippen LogP contribution in [-0.2, 0) is 11.2 Å². The minimum atomic E-state index is 0.0979. The average molecular weight is 452 g/mol. The molecule has 178 valence electrons. The number of ether oxygens (including phenoxy) is 2. The van der Waals surface area contributed by atoms with E-state index in [2.05, 4.69) is 51.5 Å². The molecule has 0 unspecified atom stereocenters. The molecular formula is C27H37N3O3. The number of nitrogens with one attached hydrogen (secondary N) is 1. The van der Waals surface area contributed by atoms with Gasteiger partial charge in [-0.05, 0) is 56.7 Å². The molecule has 6 nitrogen and oxygen atoms in total. The topological polar surface area (TPSA) is 54.0 Å². The summed E-state index contributed by atoms with van der Waals surface area (Å²) in [5.74, 6) is 1.73. The first-order chi connectivity index (χ1) is 16.2. The Hall–Kier alpha value is -2.73. The maximum Gasteiger partial charge on any atom is 0.234 e. The summed E-state index contributed by atoms with van der Waals surface area (Å²) in [6.45, 7) is 5.66. The average Bonchev–Trinajstić information content (AvgIpc) is 3.34. The third-order valence-electron chi connectivity index (χ3n) is 6.75. The molecule has 1 heterocycles. The van der Waals surface area contributed by atoms with Crippen LogP contribution in [0.15, 0.2) is 48.5 Å². The molecule has 4 rings (SSSR count). The fourth-order valence-electron chi connectivity index (χ4n) is 4.99. The van der Waals surface area contributed by atoms with E-state index in [9.17, 15) is 4.79 Å². The van der Waals surface area contributed by atoms with Crippen LogP contribution in [0.25, 0.3) is 0 Å². The summed E-state index contributed by atoms with van der Waals surface area (Å²) in [4.78, 5) is 17.1. The van der Waals surface area contributed by atoms with Gasteiger partial charge < -0.3 is 19.7 Å². The molecule has 1 amide bonds. The Labute approximate surface area is 197 Å². The van der Waals surface area contributed by atoms with Gasteiger partial charge in [0.1, 0.15) is 0 Å². The van der Waals surface area contributed by atoms with Crippen LogP contribution in [0.4, 0.5) is 5.69 Å². The Bertz CT molecular complexity index is 899. The van der Waals surface area contributed by atoms with Crippen LogP contribution in [0, 0.1) is 0 Å². The number of rotatable bonds is 9. The molecule has 0 aromatic heterocycles. The molecule has 2 aliphatic rings. The highest BCUT2D eigenvalue weighted by atomic mass is 16.5. The number of anilines is 1. The number of likely N-dealkylation sites (N-methyl/N-ethyl adjacent to an activating group) is 1. The molecule has 6 heteroatoms. The summed E-state index contributed by atoms with van der Waals surface area (Å²) in [7, 11) is 1.70. The molecule has 1 aliphatic carbocycles. The van der Waals surface area contributed by atoms with Gasteiger partial charge in [0.05, 0.1) is 19.8 Å². The molecule has 2 aromatic carbocycles. The number of piperazine rings is 1. The Kier molecular flexibility index (Phi) is 8.10. The third kappa shape index (κ3) is 6.20. The highest BCUT2D eigenvalue weighted by Gasteiger charge is 2.29. The van der Waals surface area contributed by atoms with Crippen LogP contribution >= 0.6 is 0 Å². The number of hydrogen-bond acceptors (Lipinski definition) is 5. The molecule has 0 spiro atoms. The molecule has 2 fully saturated rings. The highest BCUT2D eigenvalue weighted by molar-refractivity contribution is 5.78. The Morgan fingerprint density at radius 2 is 1.85 bits per heavy atom. The fourth-order valence-corrected chi connectivity index (χ4v) is 4.99. The number of benzene rings is 2. The standard InChI is InChI=1S/C27H37N3O3/c1-3-28-27(31)20-30-16-15-29(19-23(30)17-21-9-5-4-6-10-21)22-13-14-25(32-2)26(18-22)33-24-11-7-8-12-24/h4-6,9-10,13-14,18,23-24H,3,7-8,11-12,15-17,19-20H2,1-2H3,(H,28,31)/t23-/m0/s1. The van der Waals surface area contributed by atoms with Gasteiger partial charge in [0, 0.05) is 44.0 Å². The molecule has 33 heavy (non-hydrogen) atoms. The maximum absolute atomic E-state index is 12.3. The molecule has 0 bridgehead atoms. The second-order valence-corrected chi connectivity index (χ2v) is 9.07. The number of amides is 1. The lowest BCUT2D eigenvalue weighted by molar-refractivity contribution is -0.122. The molecule has 1 saturated carbocycles. The van der Waals surface area contributed by atoms with Crippen LogP contribution in [0.1, 0.15) is 38.2 Å². The van der Waals surface area contributed by atoms with Gasteiger partial charge in [-0.25, -0.2) is 0 Å². The van der Waals surface area contributed by atoms with Crippen molar-refractivity contribution >= 4 is 11.6 Å². The van der Waals surface area contributed by atoms with Crippen molar-refractivity contribution in [2.45, 2.75) is 51.2 Å². The minimum absolute atomic E-state index is 0.0979. The van der Waals surface area contributed by atoms with Crippen molar-refractivity contribution in [3.05, 3.63) is 54.1 Å². The zero-order chi connectivity index (χ0) is 23.0. The first kappa shape index (κ1) is 23.4. The van der Waals surface area contributed by atoms with Crippen molar-refractivity contribution in [1.29, 1.82) is 0 Å². The van der Waals surface area contributed by atoms with Crippen molar-refractivity contribution < 1.29 is 14.3 Å². The maximum atomic E-state index is 12.3. The van der Waals surface area contributed by atoms with E-state index < -0.39 is 0 Å². The lowest BCUT2D eigenvalue weighted by Crippen LogP contribution is -2.56. The van der Waals surface area contributed by atoms with E-state index in [4.69, 9.17) is 9.47 Å². The van der Waals surface area contributed by atoms with Gasteiger partial charge in [0.25, 0.3) is 0 Å². The van der Waals surface area contributed by atoms with E-state index in [1.54, 1.807) is 7.11 Å². The number of carbonyl (C=O) groups is 1. The Balaban J connectivity index is 1.51. The van der Waals surface area contributed by atoms with Gasteiger partial charge in [0.15, 0.2) is 11.5 Å². The minimum Gasteiger partial charge on any atom is -0.493 e. The van der Waals surface area contributed by atoms with E-state index in [0.29, 0.717) is 13.1 Å². The molecule has 1 saturated heterocycles. The van der Waals surface area contributed by atoms with Crippen molar-refractivity contribution in [2.75, 3.05) is 44.7 Å². The summed E-state index contributed by atoms with van der Waals surface area (Å²) in [6, 6.07) is 17.1. The summed E-state index contributed by atoms with van der Waals surface area (Å²) >= 11 is 0. The third-order valence-corrected chi connectivity index (χ3v) is 6.75. The van der Waals surface area contributed by atoms with E-state index in [-0.39, 0.29) is 18.1 Å². The predicted molar refractivity (Wildman–Crippen MR) is 132 cm³/mol. The van der Waals surface area contributed by atoms with Gasteiger partial charge in [-0.15, -0.1) is 0 Å². The summed E-state index contributed by atoms with van der Waals surface area (Å²) in [5.41, 5.74) is 2.45. The van der Waals surface area contributed by atoms with E-state index >= 15 is 0 Å². The smallest absolute Gasteiger partial charge is 0.234 e. The monoisotopic (exact) mass is 451 g/mol. The van der Waals surface area contributed by atoms with Gasteiger partial charge in [-0.1, -0.05) is 30.3 Å². The lowest BCUT2D eigenvalue weighted by atomic mass is 10.0. The molecular weight excluding hydrogens is 414 g/mol. The van der Waals surface area contributed by atoms with Crippen LogP contribution in [0.5, 0.6) is 11.5 Å². The number of hydrogen-bond donors (Lipinski definition) is 1. The van der Waals surface area contributed by atoms with E-state index in [1.807, 2.05) is 19.1 Å². The zero-order valence-corrected chi connectivity index (χ0v) is 20.0. The first-order valence-electron chi connectivity index (χ1n) is 12.3.